The van der Waals surface area contributed by atoms with Crippen LogP contribution in [0.2, 0.25) is 0 Å². The van der Waals surface area contributed by atoms with Crippen molar-refractivity contribution in [1.82, 2.24) is 9.80 Å². The molecule has 0 bridgehead atoms. The van der Waals surface area contributed by atoms with Gasteiger partial charge >= 0.3 is 0 Å². The Balaban J connectivity index is 2.27. The monoisotopic (exact) mass is 242 g/mol. The molecule has 2 atom stereocenters. The Hall–Kier alpha value is -0.120. The molecule has 0 heterocycles. The number of hydrogen-bond donors (Lipinski definition) is 1. The summed E-state index contributed by atoms with van der Waals surface area (Å²) in [7, 11) is 0. The van der Waals surface area contributed by atoms with Crippen molar-refractivity contribution in [2.45, 2.75) is 58.6 Å². The average molecular weight is 242 g/mol. The van der Waals surface area contributed by atoms with Gasteiger partial charge in [-0.1, -0.05) is 20.8 Å². The van der Waals surface area contributed by atoms with Crippen LogP contribution in [0.5, 0.6) is 0 Å². The molecule has 102 valence electrons. The van der Waals surface area contributed by atoms with E-state index in [1.54, 1.807) is 0 Å². The van der Waals surface area contributed by atoms with Gasteiger partial charge in [-0.25, -0.2) is 0 Å². The molecule has 0 unspecified atom stereocenters. The first-order valence-electron chi connectivity index (χ1n) is 7.37. The SMILES string of the molecule is CCN(CC)CCCN(CC)[C@H]1CCC[C@@H]1O. The van der Waals surface area contributed by atoms with Gasteiger partial charge in [0.2, 0.25) is 0 Å². The Morgan fingerprint density at radius 1 is 1.00 bits per heavy atom. The van der Waals surface area contributed by atoms with E-state index in [9.17, 15) is 5.11 Å². The van der Waals surface area contributed by atoms with E-state index in [4.69, 9.17) is 0 Å². The number of likely N-dealkylation sites (N-methyl/N-ethyl adjacent to an activating group) is 1. The van der Waals surface area contributed by atoms with Gasteiger partial charge in [-0.05, 0) is 58.4 Å². The Kier molecular flexibility index (Phi) is 7.09. The van der Waals surface area contributed by atoms with Gasteiger partial charge in [0.1, 0.15) is 0 Å². The highest BCUT2D eigenvalue weighted by molar-refractivity contribution is 4.84. The lowest BCUT2D eigenvalue weighted by molar-refractivity contribution is 0.0711. The third-order valence-electron chi connectivity index (χ3n) is 4.13. The Bertz CT molecular complexity index is 195. The topological polar surface area (TPSA) is 26.7 Å². The van der Waals surface area contributed by atoms with Crippen molar-refractivity contribution in [3.8, 4) is 0 Å². The summed E-state index contributed by atoms with van der Waals surface area (Å²) in [6, 6.07) is 0.428. The molecule has 1 saturated carbocycles. The van der Waals surface area contributed by atoms with E-state index in [0.717, 1.165) is 32.6 Å². The van der Waals surface area contributed by atoms with Crippen molar-refractivity contribution < 1.29 is 5.11 Å². The summed E-state index contributed by atoms with van der Waals surface area (Å²) < 4.78 is 0. The number of rotatable bonds is 8. The second kappa shape index (κ2) is 8.06. The largest absolute Gasteiger partial charge is 0.391 e. The lowest BCUT2D eigenvalue weighted by atomic mass is 10.1. The normalized spacial score (nSPS) is 25.1. The maximum absolute atomic E-state index is 9.94. The molecule has 1 aliphatic carbocycles. The zero-order valence-corrected chi connectivity index (χ0v) is 11.9. The van der Waals surface area contributed by atoms with Crippen LogP contribution in [-0.2, 0) is 0 Å². The van der Waals surface area contributed by atoms with E-state index in [0.29, 0.717) is 6.04 Å². The highest BCUT2D eigenvalue weighted by Gasteiger charge is 2.29. The molecule has 0 aromatic heterocycles. The fourth-order valence-electron chi connectivity index (χ4n) is 2.94. The maximum atomic E-state index is 9.94. The molecule has 0 spiro atoms. The van der Waals surface area contributed by atoms with Gasteiger partial charge in [0.15, 0.2) is 0 Å². The summed E-state index contributed by atoms with van der Waals surface area (Å²) in [5.74, 6) is 0. The van der Waals surface area contributed by atoms with Crippen LogP contribution in [-0.4, -0.2) is 59.8 Å². The molecule has 17 heavy (non-hydrogen) atoms. The fraction of sp³-hybridized carbons (Fsp3) is 1.00. The lowest BCUT2D eigenvalue weighted by Crippen LogP contribution is -2.41. The van der Waals surface area contributed by atoms with Crippen molar-refractivity contribution in [2.24, 2.45) is 0 Å². The molecule has 1 N–H and O–H groups in total. The van der Waals surface area contributed by atoms with Gasteiger partial charge in [0.05, 0.1) is 6.10 Å². The van der Waals surface area contributed by atoms with Crippen LogP contribution in [0.1, 0.15) is 46.5 Å². The molecule has 0 saturated heterocycles. The summed E-state index contributed by atoms with van der Waals surface area (Å²) in [6.45, 7) is 12.3. The van der Waals surface area contributed by atoms with Gasteiger partial charge in [0.25, 0.3) is 0 Å². The van der Waals surface area contributed by atoms with E-state index in [1.165, 1.54) is 25.8 Å². The molecule has 1 fully saturated rings. The van der Waals surface area contributed by atoms with Crippen molar-refractivity contribution in [2.75, 3.05) is 32.7 Å². The van der Waals surface area contributed by atoms with Crippen LogP contribution in [0.25, 0.3) is 0 Å². The number of hydrogen-bond acceptors (Lipinski definition) is 3. The fourth-order valence-corrected chi connectivity index (χ4v) is 2.94. The van der Waals surface area contributed by atoms with E-state index >= 15 is 0 Å². The van der Waals surface area contributed by atoms with Crippen LogP contribution in [0.15, 0.2) is 0 Å². The minimum atomic E-state index is -0.0802. The minimum Gasteiger partial charge on any atom is -0.391 e. The van der Waals surface area contributed by atoms with Crippen LogP contribution in [0.4, 0.5) is 0 Å². The average Bonchev–Trinajstić information content (AvgIpc) is 2.76. The second-order valence-corrected chi connectivity index (χ2v) is 5.07. The van der Waals surface area contributed by atoms with Gasteiger partial charge < -0.3 is 10.0 Å². The number of aliphatic hydroxyl groups excluding tert-OH is 1. The van der Waals surface area contributed by atoms with Crippen LogP contribution < -0.4 is 0 Å². The van der Waals surface area contributed by atoms with Gasteiger partial charge in [-0.2, -0.15) is 0 Å². The zero-order valence-electron chi connectivity index (χ0n) is 11.9. The molecule has 0 aliphatic heterocycles. The Morgan fingerprint density at radius 3 is 2.18 bits per heavy atom. The molecule has 3 nitrogen and oxygen atoms in total. The van der Waals surface area contributed by atoms with E-state index < -0.39 is 0 Å². The molecule has 0 amide bonds. The summed E-state index contributed by atoms with van der Waals surface area (Å²) >= 11 is 0. The highest BCUT2D eigenvalue weighted by Crippen LogP contribution is 2.24. The van der Waals surface area contributed by atoms with Crippen molar-refractivity contribution in [3.05, 3.63) is 0 Å². The molecule has 0 aromatic rings. The molecule has 0 radical (unpaired) electrons. The first-order valence-corrected chi connectivity index (χ1v) is 7.37. The molecular weight excluding hydrogens is 212 g/mol. The summed E-state index contributed by atoms with van der Waals surface area (Å²) in [5.41, 5.74) is 0. The molecule has 0 aromatic carbocycles. The first-order chi connectivity index (χ1) is 8.22. The van der Waals surface area contributed by atoms with Crippen LogP contribution >= 0.6 is 0 Å². The van der Waals surface area contributed by atoms with E-state index in [2.05, 4.69) is 30.6 Å². The van der Waals surface area contributed by atoms with E-state index in [1.807, 2.05) is 0 Å². The standard InChI is InChI=1S/C14H30N2O/c1-4-15(5-2)11-8-12-16(6-3)13-9-7-10-14(13)17/h13-14,17H,4-12H2,1-3H3/t13-,14-/m0/s1. The third kappa shape index (κ3) is 4.57. The molecule has 1 rings (SSSR count). The van der Waals surface area contributed by atoms with Crippen molar-refractivity contribution in [1.29, 1.82) is 0 Å². The smallest absolute Gasteiger partial charge is 0.0695 e. The predicted octanol–water partition coefficient (Wildman–Crippen LogP) is 1.95. The third-order valence-corrected chi connectivity index (χ3v) is 4.13. The summed E-state index contributed by atoms with van der Waals surface area (Å²) in [4.78, 5) is 4.94. The molecule has 1 aliphatic rings. The van der Waals surface area contributed by atoms with Crippen LogP contribution in [0.3, 0.4) is 0 Å². The van der Waals surface area contributed by atoms with Crippen LogP contribution in [0, 0.1) is 0 Å². The number of nitrogens with zero attached hydrogens (tertiary/aromatic N) is 2. The van der Waals surface area contributed by atoms with Crippen molar-refractivity contribution in [3.63, 3.8) is 0 Å². The first kappa shape index (κ1) is 14.9. The maximum Gasteiger partial charge on any atom is 0.0695 e. The summed E-state index contributed by atoms with van der Waals surface area (Å²) in [5, 5.41) is 9.94. The minimum absolute atomic E-state index is 0.0802. The molecular formula is C14H30N2O. The van der Waals surface area contributed by atoms with Gasteiger partial charge in [0, 0.05) is 6.04 Å². The summed E-state index contributed by atoms with van der Waals surface area (Å²) in [6.07, 6.45) is 4.51. The zero-order chi connectivity index (χ0) is 12.7. The number of aliphatic hydroxyl groups is 1. The van der Waals surface area contributed by atoms with Crippen molar-refractivity contribution >= 4 is 0 Å². The van der Waals surface area contributed by atoms with Gasteiger partial charge in [-0.15, -0.1) is 0 Å². The van der Waals surface area contributed by atoms with E-state index in [-0.39, 0.29) is 6.10 Å². The Morgan fingerprint density at radius 2 is 1.71 bits per heavy atom. The predicted molar refractivity (Wildman–Crippen MR) is 73.3 cm³/mol. The molecule has 3 heteroatoms. The highest BCUT2D eigenvalue weighted by atomic mass is 16.3. The second-order valence-electron chi connectivity index (χ2n) is 5.07. The quantitative estimate of drug-likeness (QED) is 0.705. The van der Waals surface area contributed by atoms with Gasteiger partial charge in [-0.3, -0.25) is 4.90 Å². The Labute approximate surface area is 107 Å². The lowest BCUT2D eigenvalue weighted by Gasteiger charge is -2.30.